The lowest BCUT2D eigenvalue weighted by Gasteiger charge is -2.20. The predicted octanol–water partition coefficient (Wildman–Crippen LogP) is 4.49. The number of ether oxygens (including phenoxy) is 3. The van der Waals surface area contributed by atoms with Crippen molar-refractivity contribution in [3.8, 4) is 17.2 Å². The van der Waals surface area contributed by atoms with Crippen molar-refractivity contribution in [1.82, 2.24) is 16.0 Å². The number of nitrogens with one attached hydrogen (secondary N) is 3. The molecule has 0 fully saturated rings. The fourth-order valence-electron chi connectivity index (χ4n) is 5.34. The van der Waals surface area contributed by atoms with Gasteiger partial charge >= 0.3 is 0 Å². The van der Waals surface area contributed by atoms with Gasteiger partial charge in [0.25, 0.3) is 0 Å². The lowest BCUT2D eigenvalue weighted by Crippen LogP contribution is -2.12. The zero-order chi connectivity index (χ0) is 28.2. The molecule has 0 unspecified atom stereocenters. The van der Waals surface area contributed by atoms with Gasteiger partial charge in [-0.05, 0) is 118 Å². The van der Waals surface area contributed by atoms with Gasteiger partial charge in [-0.15, -0.1) is 0 Å². The summed E-state index contributed by atoms with van der Waals surface area (Å²) < 4.78 is 17.8. The highest BCUT2D eigenvalue weighted by atomic mass is 16.5. The molecule has 0 amide bonds. The third kappa shape index (κ3) is 8.21. The second kappa shape index (κ2) is 15.5. The van der Waals surface area contributed by atoms with Gasteiger partial charge < -0.3 is 30.2 Å². The summed E-state index contributed by atoms with van der Waals surface area (Å²) in [6.07, 6.45) is 4.36. The van der Waals surface area contributed by atoms with Crippen LogP contribution in [0.2, 0.25) is 0 Å². The average Bonchev–Trinajstić information content (AvgIpc) is 2.94. The molecule has 0 aromatic heterocycles. The van der Waals surface area contributed by atoms with Gasteiger partial charge in [-0.2, -0.15) is 0 Å². The van der Waals surface area contributed by atoms with Crippen LogP contribution in [0, 0.1) is 6.92 Å². The van der Waals surface area contributed by atoms with E-state index in [1.807, 2.05) is 21.1 Å². The normalized spacial score (nSPS) is 11.1. The molecule has 0 bridgehead atoms. The number of methoxy groups -OCH3 is 3. The van der Waals surface area contributed by atoms with Crippen molar-refractivity contribution in [3.63, 3.8) is 0 Å². The van der Waals surface area contributed by atoms with Gasteiger partial charge in [0.15, 0.2) is 0 Å². The van der Waals surface area contributed by atoms with E-state index in [-0.39, 0.29) is 0 Å². The summed E-state index contributed by atoms with van der Waals surface area (Å²) in [7, 11) is 11.3. The molecule has 0 saturated heterocycles. The highest BCUT2D eigenvalue weighted by molar-refractivity contribution is 5.53. The van der Waals surface area contributed by atoms with E-state index in [1.165, 1.54) is 38.9 Å². The molecule has 3 rings (SSSR count). The Morgan fingerprint density at radius 3 is 1.51 bits per heavy atom. The highest BCUT2D eigenvalue weighted by Crippen LogP contribution is 2.35. The van der Waals surface area contributed by atoms with Crippen LogP contribution < -0.4 is 30.2 Å². The summed E-state index contributed by atoms with van der Waals surface area (Å²) in [4.78, 5) is 0. The molecule has 39 heavy (non-hydrogen) atoms. The molecular formula is C33H47N3O3. The van der Waals surface area contributed by atoms with Crippen molar-refractivity contribution < 1.29 is 14.2 Å². The summed E-state index contributed by atoms with van der Waals surface area (Å²) in [5, 5.41) is 9.81. The molecule has 0 heterocycles. The molecule has 212 valence electrons. The molecule has 6 heteroatoms. The molecule has 0 aliphatic rings. The Labute approximate surface area is 235 Å². The summed E-state index contributed by atoms with van der Waals surface area (Å²) in [5.74, 6) is 2.79. The minimum atomic E-state index is 0.735. The van der Waals surface area contributed by atoms with E-state index in [0.717, 1.165) is 74.6 Å². The van der Waals surface area contributed by atoms with Crippen molar-refractivity contribution >= 4 is 0 Å². The monoisotopic (exact) mass is 533 g/mol. The van der Waals surface area contributed by atoms with E-state index in [2.05, 4.69) is 65.3 Å². The van der Waals surface area contributed by atoms with E-state index >= 15 is 0 Å². The molecule has 0 aliphatic heterocycles. The second-order valence-electron chi connectivity index (χ2n) is 10.1. The number of likely N-dealkylation sites (N-methyl/N-ethyl adjacent to an activating group) is 3. The van der Waals surface area contributed by atoms with Crippen molar-refractivity contribution in [2.45, 2.75) is 39.0 Å². The Kier molecular flexibility index (Phi) is 12.1. The third-order valence-corrected chi connectivity index (χ3v) is 7.22. The SMILES string of the molecule is CNCCc1ccc(OC)c(Cc2cc(CCNC)cc(Cc3cc(CCNC)cc(C)c3OC)c2OC)c1. The molecule has 0 saturated carbocycles. The maximum atomic E-state index is 6.13. The molecule has 3 aromatic rings. The van der Waals surface area contributed by atoms with E-state index in [9.17, 15) is 0 Å². The van der Waals surface area contributed by atoms with Crippen LogP contribution >= 0.6 is 0 Å². The minimum Gasteiger partial charge on any atom is -0.496 e. The van der Waals surface area contributed by atoms with Crippen molar-refractivity contribution in [1.29, 1.82) is 0 Å². The van der Waals surface area contributed by atoms with Gasteiger partial charge in [-0.1, -0.05) is 36.4 Å². The smallest absolute Gasteiger partial charge is 0.125 e. The summed E-state index contributed by atoms with van der Waals surface area (Å²) in [6.45, 7) is 4.92. The van der Waals surface area contributed by atoms with Gasteiger partial charge in [0.05, 0.1) is 21.3 Å². The second-order valence-corrected chi connectivity index (χ2v) is 10.1. The molecule has 0 radical (unpaired) electrons. The van der Waals surface area contributed by atoms with Crippen LogP contribution in [0.15, 0.2) is 42.5 Å². The number of hydrogen-bond donors (Lipinski definition) is 3. The molecular weight excluding hydrogens is 486 g/mol. The van der Waals surface area contributed by atoms with Crippen LogP contribution in [0.4, 0.5) is 0 Å². The fourth-order valence-corrected chi connectivity index (χ4v) is 5.34. The van der Waals surface area contributed by atoms with E-state index < -0.39 is 0 Å². The van der Waals surface area contributed by atoms with Gasteiger partial charge in [0.1, 0.15) is 17.2 Å². The topological polar surface area (TPSA) is 63.8 Å². The number of rotatable bonds is 16. The van der Waals surface area contributed by atoms with E-state index in [1.54, 1.807) is 21.3 Å². The average molecular weight is 534 g/mol. The summed E-state index contributed by atoms with van der Waals surface area (Å²) >= 11 is 0. The van der Waals surface area contributed by atoms with Gasteiger partial charge in [0.2, 0.25) is 0 Å². The molecule has 0 atom stereocenters. The minimum absolute atomic E-state index is 0.735. The fraction of sp³-hybridized carbons (Fsp3) is 0.455. The van der Waals surface area contributed by atoms with Crippen LogP contribution in [-0.2, 0) is 32.1 Å². The van der Waals surface area contributed by atoms with Gasteiger partial charge in [-0.25, -0.2) is 0 Å². The lowest BCUT2D eigenvalue weighted by molar-refractivity contribution is 0.399. The predicted molar refractivity (Wildman–Crippen MR) is 162 cm³/mol. The van der Waals surface area contributed by atoms with Gasteiger partial charge in [0, 0.05) is 12.8 Å². The first kappa shape index (κ1) is 30.5. The number of benzene rings is 3. The Bertz CT molecular complexity index is 1210. The maximum Gasteiger partial charge on any atom is 0.125 e. The Balaban J connectivity index is 2.09. The number of hydrogen-bond acceptors (Lipinski definition) is 6. The standard InChI is InChI=1S/C33H47N3O3/c1-23-16-25(11-14-35-3)18-28(32(23)38-6)22-30-20-26(12-15-36-4)19-29(33(30)39-7)21-27-17-24(10-13-34-2)8-9-31(27)37-5/h8-9,16-20,34-36H,10-15,21-22H2,1-7H3. The summed E-state index contributed by atoms with van der Waals surface area (Å²) in [5.41, 5.74) is 9.77. The molecule has 6 nitrogen and oxygen atoms in total. The highest BCUT2D eigenvalue weighted by Gasteiger charge is 2.18. The molecule has 3 N–H and O–H groups in total. The van der Waals surface area contributed by atoms with Crippen molar-refractivity contribution in [2.75, 3.05) is 62.1 Å². The first-order valence-corrected chi connectivity index (χ1v) is 13.9. The molecule has 0 aliphatic carbocycles. The third-order valence-electron chi connectivity index (χ3n) is 7.22. The summed E-state index contributed by atoms with van der Waals surface area (Å²) in [6, 6.07) is 15.6. The van der Waals surface area contributed by atoms with Crippen LogP contribution in [0.25, 0.3) is 0 Å². The quantitative estimate of drug-likeness (QED) is 0.252. The van der Waals surface area contributed by atoms with Crippen molar-refractivity contribution in [2.24, 2.45) is 0 Å². The van der Waals surface area contributed by atoms with Gasteiger partial charge in [-0.3, -0.25) is 0 Å². The largest absolute Gasteiger partial charge is 0.496 e. The van der Waals surface area contributed by atoms with Crippen LogP contribution in [-0.4, -0.2) is 62.1 Å². The lowest BCUT2D eigenvalue weighted by atomic mass is 9.91. The molecule has 0 spiro atoms. The van der Waals surface area contributed by atoms with Crippen LogP contribution in [0.1, 0.15) is 44.5 Å². The molecule has 3 aromatic carbocycles. The van der Waals surface area contributed by atoms with E-state index in [0.29, 0.717) is 0 Å². The Morgan fingerprint density at radius 1 is 0.538 bits per heavy atom. The zero-order valence-corrected chi connectivity index (χ0v) is 24.9. The first-order chi connectivity index (χ1) is 19.0. The number of aryl methyl sites for hydroxylation is 1. The zero-order valence-electron chi connectivity index (χ0n) is 24.9. The Morgan fingerprint density at radius 2 is 1.00 bits per heavy atom. The first-order valence-electron chi connectivity index (χ1n) is 13.9. The van der Waals surface area contributed by atoms with Crippen LogP contribution in [0.3, 0.4) is 0 Å². The van der Waals surface area contributed by atoms with E-state index in [4.69, 9.17) is 14.2 Å². The van der Waals surface area contributed by atoms with Crippen LogP contribution in [0.5, 0.6) is 17.2 Å². The van der Waals surface area contributed by atoms with Crippen molar-refractivity contribution in [3.05, 3.63) is 87.0 Å². The Hall–Kier alpha value is -3.06. The maximum absolute atomic E-state index is 6.13.